The molecule has 134 valence electrons. The van der Waals surface area contributed by atoms with E-state index in [1.165, 1.54) is 0 Å². The van der Waals surface area contributed by atoms with Crippen LogP contribution in [0.2, 0.25) is 0 Å². The van der Waals surface area contributed by atoms with Crippen molar-refractivity contribution in [1.29, 1.82) is 0 Å². The molecule has 1 unspecified atom stereocenters. The van der Waals surface area contributed by atoms with Gasteiger partial charge in [-0.1, -0.05) is 32.3 Å². The Balaban J connectivity index is 2.59. The average molecular weight is 338 g/mol. The van der Waals surface area contributed by atoms with Crippen LogP contribution >= 0.6 is 0 Å². The maximum Gasteiger partial charge on any atom is 0.243 e. The molecule has 8 heteroatoms. The Morgan fingerprint density at radius 1 is 1.42 bits per heavy atom. The number of nitrogens with one attached hydrogen (secondary N) is 2. The first-order valence-electron chi connectivity index (χ1n) is 8.17. The van der Waals surface area contributed by atoms with E-state index in [1.807, 2.05) is 6.92 Å². The fourth-order valence-corrected chi connectivity index (χ4v) is 2.16. The van der Waals surface area contributed by atoms with Crippen molar-refractivity contribution < 1.29 is 19.5 Å². The lowest BCUT2D eigenvalue weighted by Gasteiger charge is -2.20. The van der Waals surface area contributed by atoms with Crippen LogP contribution in [0.4, 0.5) is 5.82 Å². The number of hydrogen-bond donors (Lipinski definition) is 3. The highest BCUT2D eigenvalue weighted by Crippen LogP contribution is 2.13. The topological polar surface area (TPSA) is 104 Å². The monoisotopic (exact) mass is 338 g/mol. The van der Waals surface area contributed by atoms with Crippen molar-refractivity contribution in [1.82, 2.24) is 15.5 Å². The van der Waals surface area contributed by atoms with Crippen molar-refractivity contribution >= 4 is 18.1 Å². The molecule has 3 N–H and O–H groups in total. The maximum absolute atomic E-state index is 12.3. The number of rotatable bonds is 12. The van der Waals surface area contributed by atoms with Crippen LogP contribution < -0.4 is 15.6 Å². The third-order valence-electron chi connectivity index (χ3n) is 3.39. The van der Waals surface area contributed by atoms with Gasteiger partial charge in [-0.25, -0.2) is 5.06 Å². The molecule has 1 rings (SSSR count). The minimum absolute atomic E-state index is 0.0485. The first-order valence-corrected chi connectivity index (χ1v) is 8.17. The fourth-order valence-electron chi connectivity index (χ4n) is 2.16. The Morgan fingerprint density at radius 2 is 2.21 bits per heavy atom. The number of carbonyl (C=O) groups excluding carboxylic acids is 2. The molecular weight excluding hydrogens is 312 g/mol. The molecule has 24 heavy (non-hydrogen) atoms. The van der Waals surface area contributed by atoms with Crippen LogP contribution in [0.1, 0.15) is 39.5 Å². The first kappa shape index (κ1) is 19.7. The average Bonchev–Trinajstić information content (AvgIpc) is 2.59. The van der Waals surface area contributed by atoms with Gasteiger partial charge in [0.2, 0.25) is 18.2 Å². The second-order valence-corrected chi connectivity index (χ2v) is 5.33. The Morgan fingerprint density at radius 3 is 2.88 bits per heavy atom. The first-order chi connectivity index (χ1) is 11.6. The van der Waals surface area contributed by atoms with E-state index >= 15 is 0 Å². The fraction of sp³-hybridized carbons (Fsp3) is 0.562. The summed E-state index contributed by atoms with van der Waals surface area (Å²) in [7, 11) is 0. The Kier molecular flexibility index (Phi) is 9.21. The minimum atomic E-state index is -0.505. The van der Waals surface area contributed by atoms with Crippen molar-refractivity contribution in [2.75, 3.05) is 18.6 Å². The highest BCUT2D eigenvalue weighted by molar-refractivity contribution is 5.80. The predicted molar refractivity (Wildman–Crippen MR) is 89.4 cm³/mol. The molecule has 0 radical (unpaired) electrons. The number of hydroxylamine groups is 2. The number of hydrazine groups is 1. The zero-order valence-electron chi connectivity index (χ0n) is 14.2. The molecule has 0 spiro atoms. The number of unbranched alkanes of at least 4 members (excludes halogenated alkanes) is 2. The van der Waals surface area contributed by atoms with E-state index in [0.717, 1.165) is 19.3 Å². The van der Waals surface area contributed by atoms with E-state index in [1.54, 1.807) is 18.2 Å². The van der Waals surface area contributed by atoms with E-state index in [9.17, 15) is 14.8 Å². The van der Waals surface area contributed by atoms with Crippen molar-refractivity contribution in [2.45, 2.75) is 39.5 Å². The lowest BCUT2D eigenvalue weighted by atomic mass is 10.0. The van der Waals surface area contributed by atoms with Gasteiger partial charge in [-0.15, -0.1) is 0 Å². The Bertz CT molecular complexity index is 513. The molecular formula is C16H26N4O4. The van der Waals surface area contributed by atoms with Gasteiger partial charge in [0.05, 0.1) is 19.1 Å². The quantitative estimate of drug-likeness (QED) is 0.233. The number of hydrogen-bond acceptors (Lipinski definition) is 6. The number of ether oxygens (including phenoxy) is 1. The van der Waals surface area contributed by atoms with Gasteiger partial charge in [-0.3, -0.25) is 25.6 Å². The standard InChI is InChI=1S/C16H26N4O4/c1-3-5-6-8-13(11-20(23)12-21)16(22)19-18-14-9-7-10-15(17-14)24-4-2/h7,9-10,12-13,23H,3-6,8,11H2,1-2H3,(H,17,18)(H,19,22). The van der Waals surface area contributed by atoms with Gasteiger partial charge in [0.25, 0.3) is 0 Å². The molecule has 2 amide bonds. The van der Waals surface area contributed by atoms with Crippen LogP contribution in [0.5, 0.6) is 5.88 Å². The summed E-state index contributed by atoms with van der Waals surface area (Å²) in [6, 6.07) is 5.17. The maximum atomic E-state index is 12.3. The molecule has 0 bridgehead atoms. The smallest absolute Gasteiger partial charge is 0.243 e. The van der Waals surface area contributed by atoms with Gasteiger partial charge in [0.1, 0.15) is 5.82 Å². The third-order valence-corrected chi connectivity index (χ3v) is 3.39. The molecule has 1 aromatic rings. The highest BCUT2D eigenvalue weighted by Gasteiger charge is 2.20. The van der Waals surface area contributed by atoms with Gasteiger partial charge in [0, 0.05) is 6.07 Å². The highest BCUT2D eigenvalue weighted by atomic mass is 16.5. The molecule has 0 fully saturated rings. The van der Waals surface area contributed by atoms with Crippen molar-refractivity contribution in [3.63, 3.8) is 0 Å². The minimum Gasteiger partial charge on any atom is -0.478 e. The molecule has 1 aromatic heterocycles. The summed E-state index contributed by atoms with van der Waals surface area (Å²) >= 11 is 0. The number of pyridine rings is 1. The SMILES string of the molecule is CCCCCC(CN(O)C=O)C(=O)NNc1cccc(OCC)n1. The molecule has 0 aliphatic carbocycles. The zero-order valence-corrected chi connectivity index (χ0v) is 14.2. The van der Waals surface area contributed by atoms with E-state index in [-0.39, 0.29) is 12.5 Å². The summed E-state index contributed by atoms with van der Waals surface area (Å²) in [5.41, 5.74) is 5.29. The van der Waals surface area contributed by atoms with Crippen molar-refractivity contribution in [3.05, 3.63) is 18.2 Å². The molecule has 0 aliphatic heterocycles. The van der Waals surface area contributed by atoms with E-state index in [4.69, 9.17) is 4.74 Å². The molecule has 0 aromatic carbocycles. The number of aromatic nitrogens is 1. The Hall–Kier alpha value is -2.35. The summed E-state index contributed by atoms with van der Waals surface area (Å²) in [6.07, 6.45) is 3.73. The lowest BCUT2D eigenvalue weighted by Crippen LogP contribution is -2.40. The molecule has 0 saturated carbocycles. The van der Waals surface area contributed by atoms with E-state index in [0.29, 0.717) is 36.2 Å². The van der Waals surface area contributed by atoms with Crippen LogP contribution in [0.15, 0.2) is 18.2 Å². The number of amides is 2. The summed E-state index contributed by atoms with van der Waals surface area (Å²) in [5, 5.41) is 9.84. The lowest BCUT2D eigenvalue weighted by molar-refractivity contribution is -0.154. The van der Waals surface area contributed by atoms with Gasteiger partial charge in [0.15, 0.2) is 0 Å². The number of nitrogens with zero attached hydrogens (tertiary/aromatic N) is 2. The summed E-state index contributed by atoms with van der Waals surface area (Å²) < 4.78 is 5.29. The van der Waals surface area contributed by atoms with Crippen LogP contribution in [-0.2, 0) is 9.59 Å². The molecule has 0 saturated heterocycles. The second kappa shape index (κ2) is 11.2. The van der Waals surface area contributed by atoms with Crippen LogP contribution in [0, 0.1) is 5.92 Å². The van der Waals surface area contributed by atoms with Crippen LogP contribution in [-0.4, -0.2) is 40.7 Å². The van der Waals surface area contributed by atoms with E-state index < -0.39 is 5.92 Å². The van der Waals surface area contributed by atoms with Crippen LogP contribution in [0.25, 0.3) is 0 Å². The molecule has 8 nitrogen and oxygen atoms in total. The molecule has 1 heterocycles. The summed E-state index contributed by atoms with van der Waals surface area (Å²) in [5.74, 6) is 0.0847. The number of carbonyl (C=O) groups is 2. The predicted octanol–water partition coefficient (Wildman–Crippen LogP) is 1.97. The zero-order chi connectivity index (χ0) is 17.8. The van der Waals surface area contributed by atoms with Gasteiger partial charge in [-0.05, 0) is 19.4 Å². The Labute approximate surface area is 142 Å². The largest absolute Gasteiger partial charge is 0.478 e. The van der Waals surface area contributed by atoms with Crippen molar-refractivity contribution in [2.24, 2.45) is 5.92 Å². The van der Waals surface area contributed by atoms with Crippen molar-refractivity contribution in [3.8, 4) is 5.88 Å². The third kappa shape index (κ3) is 7.28. The normalized spacial score (nSPS) is 11.5. The summed E-state index contributed by atoms with van der Waals surface area (Å²) in [6.45, 7) is 4.38. The molecule has 0 aliphatic rings. The van der Waals surface area contributed by atoms with Gasteiger partial charge >= 0.3 is 0 Å². The van der Waals surface area contributed by atoms with Gasteiger partial charge in [-0.2, -0.15) is 4.98 Å². The summed E-state index contributed by atoms with van der Waals surface area (Å²) in [4.78, 5) is 27.0. The van der Waals surface area contributed by atoms with E-state index in [2.05, 4.69) is 22.8 Å². The molecule has 1 atom stereocenters. The van der Waals surface area contributed by atoms with Crippen LogP contribution in [0.3, 0.4) is 0 Å². The van der Waals surface area contributed by atoms with Gasteiger partial charge < -0.3 is 4.74 Å². The number of anilines is 1. The second-order valence-electron chi connectivity index (χ2n) is 5.33.